The topological polar surface area (TPSA) is 21.3 Å². The highest BCUT2D eigenvalue weighted by Crippen LogP contribution is 2.17. The van der Waals surface area contributed by atoms with Gasteiger partial charge in [-0.2, -0.15) is 0 Å². The molecule has 1 radical (unpaired) electrons. The van der Waals surface area contributed by atoms with E-state index in [4.69, 9.17) is 4.74 Å². The minimum Gasteiger partial charge on any atom is -0.369 e. The standard InChI is InChI=1S/C4H8NOS/c1-6-4-2-5-3-7-4/h2,4-5H,3H2,1H3. The molecule has 1 unspecified atom stereocenters. The molecule has 7 heavy (non-hydrogen) atoms. The Hall–Kier alpha value is 0.270. The van der Waals surface area contributed by atoms with Crippen molar-refractivity contribution in [2.24, 2.45) is 0 Å². The van der Waals surface area contributed by atoms with Gasteiger partial charge in [-0.1, -0.05) is 0 Å². The Morgan fingerprint density at radius 2 is 2.86 bits per heavy atom. The Balaban J connectivity index is 2.14. The second-order valence-electron chi connectivity index (χ2n) is 1.29. The zero-order valence-corrected chi connectivity index (χ0v) is 4.99. The Morgan fingerprint density at radius 3 is 3.14 bits per heavy atom. The Labute approximate surface area is 47.6 Å². The van der Waals surface area contributed by atoms with E-state index in [1.807, 2.05) is 6.54 Å². The SMILES string of the molecule is COC1[CH]NCS1. The van der Waals surface area contributed by atoms with Crippen LogP contribution < -0.4 is 5.32 Å². The van der Waals surface area contributed by atoms with Gasteiger partial charge in [0.1, 0.15) is 5.44 Å². The van der Waals surface area contributed by atoms with Gasteiger partial charge in [0.15, 0.2) is 0 Å². The van der Waals surface area contributed by atoms with Crippen LogP contribution in [0.3, 0.4) is 0 Å². The number of nitrogens with one attached hydrogen (secondary N) is 1. The lowest BCUT2D eigenvalue weighted by Crippen LogP contribution is -2.06. The van der Waals surface area contributed by atoms with Crippen molar-refractivity contribution < 1.29 is 4.74 Å². The maximum atomic E-state index is 4.96. The first-order valence-electron chi connectivity index (χ1n) is 2.14. The van der Waals surface area contributed by atoms with Crippen molar-refractivity contribution >= 4 is 11.8 Å². The normalized spacial score (nSPS) is 31.3. The number of methoxy groups -OCH3 is 1. The molecule has 0 bridgehead atoms. The molecule has 0 aromatic heterocycles. The van der Waals surface area contributed by atoms with Crippen LogP contribution in [0.25, 0.3) is 0 Å². The largest absolute Gasteiger partial charge is 0.369 e. The van der Waals surface area contributed by atoms with Gasteiger partial charge < -0.3 is 10.1 Å². The zero-order chi connectivity index (χ0) is 5.11. The van der Waals surface area contributed by atoms with E-state index in [1.165, 1.54) is 0 Å². The molecule has 1 N–H and O–H groups in total. The van der Waals surface area contributed by atoms with Crippen molar-refractivity contribution in [3.8, 4) is 0 Å². The summed E-state index contributed by atoms with van der Waals surface area (Å²) < 4.78 is 4.96. The van der Waals surface area contributed by atoms with Crippen LogP contribution in [0.5, 0.6) is 0 Å². The lowest BCUT2D eigenvalue weighted by atomic mass is 10.7. The molecular formula is C4H8NOS. The quantitative estimate of drug-likeness (QED) is 0.539. The summed E-state index contributed by atoms with van der Waals surface area (Å²) in [4.78, 5) is 0. The molecule has 1 atom stereocenters. The lowest BCUT2D eigenvalue weighted by molar-refractivity contribution is 0.196. The molecule has 1 aliphatic rings. The molecule has 0 spiro atoms. The van der Waals surface area contributed by atoms with E-state index in [-0.39, 0.29) is 5.44 Å². The van der Waals surface area contributed by atoms with Crippen LogP contribution >= 0.6 is 11.8 Å². The highest BCUT2D eigenvalue weighted by atomic mass is 32.2. The average molecular weight is 118 g/mol. The van der Waals surface area contributed by atoms with Gasteiger partial charge >= 0.3 is 0 Å². The molecule has 1 rings (SSSR count). The summed E-state index contributed by atoms with van der Waals surface area (Å²) in [5, 5.41) is 3.04. The van der Waals surface area contributed by atoms with Gasteiger partial charge in [-0.15, -0.1) is 11.8 Å². The van der Waals surface area contributed by atoms with Gasteiger partial charge in [0, 0.05) is 13.0 Å². The van der Waals surface area contributed by atoms with Crippen LogP contribution in [0.1, 0.15) is 0 Å². The van der Waals surface area contributed by atoms with Gasteiger partial charge in [0.25, 0.3) is 0 Å². The van der Waals surface area contributed by atoms with Gasteiger partial charge in [-0.3, -0.25) is 0 Å². The Bertz CT molecular complexity index is 53.7. The van der Waals surface area contributed by atoms with Crippen LogP contribution in [0.2, 0.25) is 0 Å². The maximum Gasteiger partial charge on any atom is 0.121 e. The minimum atomic E-state index is 0.278. The molecule has 0 saturated carbocycles. The van der Waals surface area contributed by atoms with Gasteiger partial charge in [0.05, 0.1) is 6.54 Å². The van der Waals surface area contributed by atoms with Gasteiger partial charge in [-0.05, 0) is 0 Å². The van der Waals surface area contributed by atoms with Gasteiger partial charge in [-0.25, -0.2) is 0 Å². The number of hydrogen-bond acceptors (Lipinski definition) is 3. The Kier molecular flexibility index (Phi) is 1.97. The third kappa shape index (κ3) is 1.33. The molecule has 3 heteroatoms. The number of hydrogen-bond donors (Lipinski definition) is 1. The van der Waals surface area contributed by atoms with Crippen molar-refractivity contribution in [2.75, 3.05) is 13.0 Å². The minimum absolute atomic E-state index is 0.278. The van der Waals surface area contributed by atoms with Crippen LogP contribution in [0.4, 0.5) is 0 Å². The summed E-state index contributed by atoms with van der Waals surface area (Å²) in [5.74, 6) is 0.985. The van der Waals surface area contributed by atoms with Crippen LogP contribution in [-0.2, 0) is 4.74 Å². The molecule has 41 valence electrons. The van der Waals surface area contributed by atoms with E-state index in [1.54, 1.807) is 18.9 Å². The van der Waals surface area contributed by atoms with E-state index in [0.717, 1.165) is 5.88 Å². The molecule has 1 aliphatic heterocycles. The van der Waals surface area contributed by atoms with Gasteiger partial charge in [0.2, 0.25) is 0 Å². The second kappa shape index (κ2) is 2.55. The molecule has 2 nitrogen and oxygen atoms in total. The fourth-order valence-corrected chi connectivity index (χ4v) is 1.14. The predicted octanol–water partition coefficient (Wildman–Crippen LogP) is 0.415. The molecular weight excluding hydrogens is 110 g/mol. The van der Waals surface area contributed by atoms with Crippen LogP contribution in [-0.4, -0.2) is 18.4 Å². The maximum absolute atomic E-state index is 4.96. The number of thioether (sulfide) groups is 1. The summed E-state index contributed by atoms with van der Waals surface area (Å²) in [6.45, 7) is 1.95. The fourth-order valence-electron chi connectivity index (χ4n) is 0.459. The van der Waals surface area contributed by atoms with E-state index in [0.29, 0.717) is 0 Å². The molecule has 0 aliphatic carbocycles. The first kappa shape index (κ1) is 5.41. The number of rotatable bonds is 1. The molecule has 0 amide bonds. The van der Waals surface area contributed by atoms with Crippen molar-refractivity contribution in [1.82, 2.24) is 5.32 Å². The molecule has 1 saturated heterocycles. The third-order valence-electron chi connectivity index (χ3n) is 0.817. The molecule has 0 aromatic rings. The third-order valence-corrected chi connectivity index (χ3v) is 1.81. The van der Waals surface area contributed by atoms with Crippen molar-refractivity contribution in [1.29, 1.82) is 0 Å². The smallest absolute Gasteiger partial charge is 0.121 e. The van der Waals surface area contributed by atoms with Crippen molar-refractivity contribution in [3.63, 3.8) is 0 Å². The van der Waals surface area contributed by atoms with E-state index in [2.05, 4.69) is 5.32 Å². The fraction of sp³-hybridized carbons (Fsp3) is 0.750. The first-order chi connectivity index (χ1) is 3.43. The monoisotopic (exact) mass is 118 g/mol. The lowest BCUT2D eigenvalue weighted by Gasteiger charge is -2.00. The van der Waals surface area contributed by atoms with Crippen LogP contribution in [0, 0.1) is 6.54 Å². The van der Waals surface area contributed by atoms with Crippen LogP contribution in [0.15, 0.2) is 0 Å². The zero-order valence-electron chi connectivity index (χ0n) is 4.18. The van der Waals surface area contributed by atoms with E-state index < -0.39 is 0 Å². The predicted molar refractivity (Wildman–Crippen MR) is 30.7 cm³/mol. The van der Waals surface area contributed by atoms with E-state index >= 15 is 0 Å². The first-order valence-corrected chi connectivity index (χ1v) is 3.19. The summed E-state index contributed by atoms with van der Waals surface area (Å²) in [7, 11) is 1.71. The second-order valence-corrected chi connectivity index (χ2v) is 2.37. The molecule has 0 aromatic carbocycles. The summed E-state index contributed by atoms with van der Waals surface area (Å²) in [6, 6.07) is 0. The highest BCUT2D eigenvalue weighted by molar-refractivity contribution is 8.00. The highest BCUT2D eigenvalue weighted by Gasteiger charge is 2.12. The van der Waals surface area contributed by atoms with E-state index in [9.17, 15) is 0 Å². The van der Waals surface area contributed by atoms with Crippen molar-refractivity contribution in [2.45, 2.75) is 5.44 Å². The number of ether oxygens (including phenoxy) is 1. The summed E-state index contributed by atoms with van der Waals surface area (Å²) in [6.07, 6.45) is 0. The average Bonchev–Trinajstić information content (AvgIpc) is 2.14. The Morgan fingerprint density at radius 1 is 2.00 bits per heavy atom. The van der Waals surface area contributed by atoms with Crippen molar-refractivity contribution in [3.05, 3.63) is 6.54 Å². The summed E-state index contributed by atoms with van der Waals surface area (Å²) in [5.41, 5.74) is 0.278. The summed E-state index contributed by atoms with van der Waals surface area (Å²) >= 11 is 1.75. The molecule has 1 heterocycles. The molecule has 1 fully saturated rings.